The third-order valence-electron chi connectivity index (χ3n) is 4.96. The van der Waals surface area contributed by atoms with Crippen molar-refractivity contribution < 1.29 is 13.2 Å². The molecule has 1 aliphatic carbocycles. The Balaban J connectivity index is 0.00000280. The van der Waals surface area contributed by atoms with E-state index in [4.69, 9.17) is 5.73 Å². The molecule has 0 aliphatic heterocycles. The summed E-state index contributed by atoms with van der Waals surface area (Å²) in [5.41, 5.74) is 9.91. The molecule has 3 rings (SSSR count). The number of carbonyl (C=O) groups is 1. The predicted molar refractivity (Wildman–Crippen MR) is 113 cm³/mol. The normalized spacial score (nSPS) is 16.0. The molecule has 0 radical (unpaired) electrons. The molecule has 1 aliphatic rings. The maximum Gasteiger partial charge on any atom is 0.240 e. The minimum Gasteiger partial charge on any atom is -0.399 e. The summed E-state index contributed by atoms with van der Waals surface area (Å²) in [5.74, 6) is -0.00315. The van der Waals surface area contributed by atoms with E-state index in [0.29, 0.717) is 12.8 Å². The van der Waals surface area contributed by atoms with Crippen LogP contribution in [0.2, 0.25) is 0 Å². The number of nitrogen functional groups attached to an aromatic ring is 1. The van der Waals surface area contributed by atoms with E-state index in [0.717, 1.165) is 36.1 Å². The Hall–Kier alpha value is -2.09. The van der Waals surface area contributed by atoms with Crippen LogP contribution < -0.4 is 15.8 Å². The van der Waals surface area contributed by atoms with Crippen molar-refractivity contribution in [1.82, 2.24) is 10.0 Å². The predicted octanol–water partition coefficient (Wildman–Crippen LogP) is 2.73. The quantitative estimate of drug-likeness (QED) is 0.621. The number of rotatable bonds is 6. The molecule has 2 aromatic rings. The highest BCUT2D eigenvalue weighted by Crippen LogP contribution is 2.31. The van der Waals surface area contributed by atoms with E-state index in [-0.39, 0.29) is 29.3 Å². The molecule has 152 valence electrons. The largest absolute Gasteiger partial charge is 0.399 e. The molecule has 1 atom stereocenters. The summed E-state index contributed by atoms with van der Waals surface area (Å²) in [5, 5.41) is 3.12. The fourth-order valence-electron chi connectivity index (χ4n) is 3.46. The van der Waals surface area contributed by atoms with Crippen molar-refractivity contribution in [3.63, 3.8) is 0 Å². The van der Waals surface area contributed by atoms with E-state index in [9.17, 15) is 13.2 Å². The number of hydrogen-bond acceptors (Lipinski definition) is 4. The fraction of sp³-hybridized carbons (Fsp3) is 0.350. The average Bonchev–Trinajstić information content (AvgIpc) is 2.66. The molecule has 1 amide bonds. The highest BCUT2D eigenvalue weighted by Gasteiger charge is 2.21. The van der Waals surface area contributed by atoms with Crippen molar-refractivity contribution in [2.24, 2.45) is 0 Å². The molecule has 0 fully saturated rings. The van der Waals surface area contributed by atoms with Gasteiger partial charge in [0.15, 0.2) is 0 Å². The van der Waals surface area contributed by atoms with Crippen molar-refractivity contribution in [1.29, 1.82) is 0 Å². The number of anilines is 1. The molecule has 0 heterocycles. The molecule has 8 heteroatoms. The maximum absolute atomic E-state index is 12.4. The number of fused-ring (bicyclic) bond motifs is 1. The van der Waals surface area contributed by atoms with Gasteiger partial charge in [-0.3, -0.25) is 4.79 Å². The summed E-state index contributed by atoms with van der Waals surface area (Å²) in [6.45, 7) is 0. The van der Waals surface area contributed by atoms with Gasteiger partial charge in [0.25, 0.3) is 0 Å². The fourth-order valence-corrected chi connectivity index (χ4v) is 4.19. The van der Waals surface area contributed by atoms with E-state index in [1.807, 2.05) is 18.2 Å². The lowest BCUT2D eigenvalue weighted by Crippen LogP contribution is -2.31. The second kappa shape index (κ2) is 9.41. The van der Waals surface area contributed by atoms with Gasteiger partial charge in [0.05, 0.1) is 10.9 Å². The van der Waals surface area contributed by atoms with E-state index < -0.39 is 10.0 Å². The van der Waals surface area contributed by atoms with E-state index in [1.54, 1.807) is 24.3 Å². The number of aryl methyl sites for hydroxylation is 2. The SMILES string of the molecule is CNS(=O)(=O)c1ccc(CCC(=O)NC2CCCc3cc(N)ccc32)cc1.Cl. The molecule has 0 bridgehead atoms. The average molecular weight is 424 g/mol. The van der Waals surface area contributed by atoms with Crippen LogP contribution in [-0.4, -0.2) is 21.4 Å². The Morgan fingerprint density at radius 2 is 1.89 bits per heavy atom. The number of nitrogens with two attached hydrogens (primary N) is 1. The molecule has 0 saturated heterocycles. The van der Waals surface area contributed by atoms with Gasteiger partial charge in [-0.1, -0.05) is 18.2 Å². The summed E-state index contributed by atoms with van der Waals surface area (Å²) >= 11 is 0. The van der Waals surface area contributed by atoms with Crippen LogP contribution in [0.4, 0.5) is 5.69 Å². The van der Waals surface area contributed by atoms with E-state index in [2.05, 4.69) is 10.0 Å². The van der Waals surface area contributed by atoms with Crippen molar-refractivity contribution in [3.8, 4) is 0 Å². The van der Waals surface area contributed by atoms with Crippen molar-refractivity contribution in [2.75, 3.05) is 12.8 Å². The lowest BCUT2D eigenvalue weighted by molar-refractivity contribution is -0.121. The first-order valence-electron chi connectivity index (χ1n) is 9.09. The molecule has 0 spiro atoms. The number of amides is 1. The summed E-state index contributed by atoms with van der Waals surface area (Å²) in [4.78, 5) is 12.6. The molecule has 0 saturated carbocycles. The second-order valence-corrected chi connectivity index (χ2v) is 8.71. The van der Waals surface area contributed by atoms with Crippen LogP contribution in [0.5, 0.6) is 0 Å². The smallest absolute Gasteiger partial charge is 0.240 e. The number of carbonyl (C=O) groups excluding carboxylic acids is 1. The van der Waals surface area contributed by atoms with Gasteiger partial charge in [0, 0.05) is 12.1 Å². The van der Waals surface area contributed by atoms with Gasteiger partial charge in [-0.25, -0.2) is 13.1 Å². The van der Waals surface area contributed by atoms with Crippen molar-refractivity contribution >= 4 is 34.0 Å². The zero-order chi connectivity index (χ0) is 19.4. The Labute approximate surface area is 172 Å². The maximum atomic E-state index is 12.4. The van der Waals surface area contributed by atoms with Gasteiger partial charge in [-0.2, -0.15) is 0 Å². The van der Waals surface area contributed by atoms with Crippen LogP contribution in [0, 0.1) is 0 Å². The number of hydrogen-bond donors (Lipinski definition) is 3. The summed E-state index contributed by atoms with van der Waals surface area (Å²) < 4.78 is 25.8. The summed E-state index contributed by atoms with van der Waals surface area (Å²) in [6, 6.07) is 12.5. The Bertz CT molecular complexity index is 930. The topological polar surface area (TPSA) is 101 Å². The van der Waals surface area contributed by atoms with Crippen LogP contribution in [0.15, 0.2) is 47.4 Å². The number of benzene rings is 2. The lowest BCUT2D eigenvalue weighted by Gasteiger charge is -2.26. The number of nitrogens with one attached hydrogen (secondary N) is 2. The van der Waals surface area contributed by atoms with Gasteiger partial charge in [-0.05, 0) is 73.7 Å². The molecule has 0 aromatic heterocycles. The standard InChI is InChI=1S/C20H25N3O3S.ClH/c1-22-27(25,26)17-9-5-14(6-10-17)7-12-20(24)23-19-4-2-3-15-13-16(21)8-11-18(15)19;/h5-6,8-11,13,19,22H,2-4,7,12,21H2,1H3,(H,23,24);1H. The first kappa shape index (κ1) is 22.2. The molecular weight excluding hydrogens is 398 g/mol. The van der Waals surface area contributed by atoms with Gasteiger partial charge >= 0.3 is 0 Å². The Morgan fingerprint density at radius 3 is 2.57 bits per heavy atom. The summed E-state index contributed by atoms with van der Waals surface area (Å²) in [7, 11) is -2.05. The Kier molecular flexibility index (Phi) is 7.46. The molecule has 28 heavy (non-hydrogen) atoms. The van der Waals surface area contributed by atoms with Gasteiger partial charge in [-0.15, -0.1) is 12.4 Å². The van der Waals surface area contributed by atoms with Crippen LogP contribution in [0.3, 0.4) is 0 Å². The molecule has 2 aromatic carbocycles. The molecule has 4 N–H and O–H groups in total. The highest BCUT2D eigenvalue weighted by molar-refractivity contribution is 7.89. The van der Waals surface area contributed by atoms with Crippen LogP contribution in [0.25, 0.3) is 0 Å². The van der Waals surface area contributed by atoms with E-state index in [1.165, 1.54) is 12.6 Å². The minimum absolute atomic E-state index is 0. The van der Waals surface area contributed by atoms with E-state index >= 15 is 0 Å². The highest BCUT2D eigenvalue weighted by atomic mass is 35.5. The van der Waals surface area contributed by atoms with Gasteiger partial charge < -0.3 is 11.1 Å². The third kappa shape index (κ3) is 5.25. The zero-order valence-electron chi connectivity index (χ0n) is 15.8. The molecular formula is C20H26ClN3O3S. The zero-order valence-corrected chi connectivity index (χ0v) is 17.4. The molecule has 1 unspecified atom stereocenters. The van der Waals surface area contributed by atoms with Crippen LogP contribution >= 0.6 is 12.4 Å². The number of sulfonamides is 1. The van der Waals surface area contributed by atoms with Gasteiger partial charge in [0.2, 0.25) is 15.9 Å². The minimum atomic E-state index is -3.44. The summed E-state index contributed by atoms with van der Waals surface area (Å²) in [6.07, 6.45) is 3.88. The van der Waals surface area contributed by atoms with Crippen molar-refractivity contribution in [2.45, 2.75) is 43.0 Å². The van der Waals surface area contributed by atoms with Crippen molar-refractivity contribution in [3.05, 3.63) is 59.2 Å². The number of halogens is 1. The Morgan fingerprint density at radius 1 is 1.18 bits per heavy atom. The first-order chi connectivity index (χ1) is 12.9. The monoisotopic (exact) mass is 423 g/mol. The van der Waals surface area contributed by atoms with Crippen LogP contribution in [-0.2, 0) is 27.7 Å². The third-order valence-corrected chi connectivity index (χ3v) is 6.39. The lowest BCUT2D eigenvalue weighted by atomic mass is 9.87. The molecule has 6 nitrogen and oxygen atoms in total. The second-order valence-electron chi connectivity index (χ2n) is 6.82. The first-order valence-corrected chi connectivity index (χ1v) is 10.6. The van der Waals surface area contributed by atoms with Gasteiger partial charge in [0.1, 0.15) is 0 Å². The van der Waals surface area contributed by atoms with Crippen LogP contribution in [0.1, 0.15) is 42.0 Å².